The molecular weight excluding hydrogens is 564 g/mol. The van der Waals surface area contributed by atoms with Gasteiger partial charge in [-0.3, -0.25) is 19.3 Å². The van der Waals surface area contributed by atoms with Crippen molar-refractivity contribution in [2.75, 3.05) is 53.4 Å². The summed E-state index contributed by atoms with van der Waals surface area (Å²) in [6.45, 7) is 0.342. The van der Waals surface area contributed by atoms with E-state index in [9.17, 15) is 39.6 Å². The van der Waals surface area contributed by atoms with Crippen LogP contribution in [0.1, 0.15) is 34.3 Å². The highest BCUT2D eigenvalue weighted by atomic mass is 16.5. The summed E-state index contributed by atoms with van der Waals surface area (Å²) in [4.78, 5) is 55.1. The molecule has 4 rings (SSSR count). The normalized spacial score (nSPS) is 24.9. The maximum atomic E-state index is 14.1. The fourth-order valence-corrected chi connectivity index (χ4v) is 6.47. The number of amides is 2. The zero-order valence-electron chi connectivity index (χ0n) is 24.8. The van der Waals surface area contributed by atoms with Crippen LogP contribution >= 0.6 is 0 Å². The van der Waals surface area contributed by atoms with Gasteiger partial charge >= 0.3 is 6.09 Å². The van der Waals surface area contributed by atoms with E-state index in [1.165, 1.54) is 12.0 Å². The number of hydrogen-bond donors (Lipinski definition) is 6. The summed E-state index contributed by atoms with van der Waals surface area (Å²) in [7, 11) is 8.16. The van der Waals surface area contributed by atoms with Gasteiger partial charge in [-0.2, -0.15) is 0 Å². The van der Waals surface area contributed by atoms with Gasteiger partial charge in [-0.05, 0) is 44.5 Å². The van der Waals surface area contributed by atoms with E-state index in [0.29, 0.717) is 24.3 Å². The number of phenolic OH excluding ortho intramolecular Hbond substituents is 1. The lowest BCUT2D eigenvalue weighted by Crippen LogP contribution is -2.63. The van der Waals surface area contributed by atoms with Crippen LogP contribution in [0.15, 0.2) is 28.7 Å². The van der Waals surface area contributed by atoms with E-state index in [1.807, 2.05) is 0 Å². The molecule has 4 unspecified atom stereocenters. The lowest BCUT2D eigenvalue weighted by molar-refractivity contribution is -0.148. The molecule has 0 saturated heterocycles. The molecule has 3 aliphatic carbocycles. The van der Waals surface area contributed by atoms with E-state index in [0.717, 1.165) is 0 Å². The van der Waals surface area contributed by atoms with Gasteiger partial charge in [-0.25, -0.2) is 4.79 Å². The molecule has 1 aromatic carbocycles. The Kier molecular flexibility index (Phi) is 8.77. The average Bonchev–Trinajstić information content (AvgIpc) is 2.92. The quantitative estimate of drug-likeness (QED) is 0.168. The van der Waals surface area contributed by atoms with Crippen molar-refractivity contribution in [1.82, 2.24) is 10.2 Å². The monoisotopic (exact) mass is 602 g/mol. The predicted octanol–water partition coefficient (Wildman–Crippen LogP) is 0.449. The number of aliphatic hydroxyl groups excluding tert-OH is 2. The molecule has 4 atom stereocenters. The first kappa shape index (κ1) is 31.8. The number of likely N-dealkylation sites (N-methyl/N-ethyl adjacent to an activating group) is 1. The number of ether oxygens (including phenoxy) is 2. The molecule has 0 aliphatic heterocycles. The van der Waals surface area contributed by atoms with E-state index < -0.39 is 69.9 Å². The van der Waals surface area contributed by atoms with Gasteiger partial charge in [0.05, 0.1) is 18.2 Å². The Morgan fingerprint density at radius 2 is 1.81 bits per heavy atom. The number of nitrogens with one attached hydrogen (secondary N) is 1. The second-order valence-corrected chi connectivity index (χ2v) is 11.5. The summed E-state index contributed by atoms with van der Waals surface area (Å²) >= 11 is 0. The van der Waals surface area contributed by atoms with Gasteiger partial charge in [0.25, 0.3) is 5.91 Å². The van der Waals surface area contributed by atoms with Gasteiger partial charge in [-0.1, -0.05) is 0 Å². The minimum absolute atomic E-state index is 0.0163. The highest BCUT2D eigenvalue weighted by molar-refractivity contribution is 6.25. The fourth-order valence-electron chi connectivity index (χ4n) is 6.47. The number of phenols is 1. The Hall–Kier alpha value is -4.14. The molecule has 2 amide bonds. The summed E-state index contributed by atoms with van der Waals surface area (Å²) in [6.07, 6.45) is -0.114. The fraction of sp³-hybridized carbons (Fsp3) is 0.517. The Morgan fingerprint density at radius 3 is 2.40 bits per heavy atom. The van der Waals surface area contributed by atoms with E-state index >= 15 is 0 Å². The molecule has 14 heteroatoms. The highest BCUT2D eigenvalue weighted by Gasteiger charge is 2.63. The number of nitrogens with zero attached hydrogens (tertiary/aromatic N) is 2. The molecule has 3 aliphatic rings. The number of methoxy groups -OCH3 is 1. The number of aromatic hydroxyl groups is 1. The summed E-state index contributed by atoms with van der Waals surface area (Å²) in [5.41, 5.74) is 2.63. The summed E-state index contributed by atoms with van der Waals surface area (Å²) in [5.74, 6) is -7.22. The molecule has 14 nitrogen and oxygen atoms in total. The van der Waals surface area contributed by atoms with Crippen LogP contribution in [0.2, 0.25) is 0 Å². The van der Waals surface area contributed by atoms with Crippen molar-refractivity contribution >= 4 is 29.3 Å². The number of Topliss-reactive ketones (excluding diaryl/α,β-unsaturated/α-hetero) is 2. The molecule has 0 saturated carbocycles. The number of primary amides is 1. The average molecular weight is 603 g/mol. The predicted molar refractivity (Wildman–Crippen MR) is 153 cm³/mol. The van der Waals surface area contributed by atoms with Gasteiger partial charge in [0.1, 0.15) is 22.8 Å². The van der Waals surface area contributed by atoms with E-state index in [4.69, 9.17) is 15.2 Å². The van der Waals surface area contributed by atoms with Crippen molar-refractivity contribution < 1.29 is 49.1 Å². The van der Waals surface area contributed by atoms with Gasteiger partial charge in [0.15, 0.2) is 11.4 Å². The van der Waals surface area contributed by atoms with Crippen molar-refractivity contribution in [1.29, 1.82) is 0 Å². The second kappa shape index (κ2) is 11.9. The topological polar surface area (TPSA) is 212 Å². The molecule has 0 aromatic heterocycles. The summed E-state index contributed by atoms with van der Waals surface area (Å²) in [6, 6.07) is 0.565. The largest absolute Gasteiger partial charge is 0.510 e. The standard InChI is InChI=1S/C29H38N4O10/c1-32(2)17-11-14(12-31-28(40)43-8-6-7-42-5)22(34)19-15(17)9-13-10-16-21(33(3)4)24(36)20(27(30)39)26(38)29(16,41)25(37)18(13)23(19)35/h11,13,16,21,34,36-37,41H,6-10,12H2,1-5H3,(H2,30,39)(H,31,40). The number of allylic oxidation sites excluding steroid dienone is 1. The van der Waals surface area contributed by atoms with Crippen LogP contribution in [0, 0.1) is 11.8 Å². The number of carbonyl (C=O) groups is 4. The van der Waals surface area contributed by atoms with Crippen molar-refractivity contribution in [3.8, 4) is 5.75 Å². The number of anilines is 1. The smallest absolute Gasteiger partial charge is 0.407 e. The molecule has 0 spiro atoms. The number of nitrogens with two attached hydrogens (primary N) is 1. The van der Waals surface area contributed by atoms with Crippen LogP contribution in [0.25, 0.3) is 0 Å². The number of rotatable bonds is 9. The molecule has 43 heavy (non-hydrogen) atoms. The number of hydrogen-bond acceptors (Lipinski definition) is 12. The third kappa shape index (κ3) is 5.19. The number of ketones is 2. The molecule has 0 fully saturated rings. The zero-order chi connectivity index (χ0) is 32.0. The van der Waals surface area contributed by atoms with Crippen LogP contribution in [-0.4, -0.2) is 109 Å². The van der Waals surface area contributed by atoms with Crippen molar-refractivity contribution in [2.45, 2.75) is 37.5 Å². The number of benzene rings is 1. The van der Waals surface area contributed by atoms with Crippen molar-refractivity contribution in [3.63, 3.8) is 0 Å². The van der Waals surface area contributed by atoms with Gasteiger partial charge in [0, 0.05) is 63.5 Å². The Morgan fingerprint density at radius 1 is 1.14 bits per heavy atom. The van der Waals surface area contributed by atoms with Gasteiger partial charge in [0.2, 0.25) is 5.78 Å². The first-order valence-electron chi connectivity index (χ1n) is 13.8. The molecule has 0 radical (unpaired) electrons. The second-order valence-electron chi connectivity index (χ2n) is 11.5. The number of carbonyl (C=O) groups excluding carboxylic acids is 4. The Labute approximate surface area is 248 Å². The molecule has 0 heterocycles. The molecule has 234 valence electrons. The summed E-state index contributed by atoms with van der Waals surface area (Å²) in [5, 5.41) is 48.0. The SMILES string of the molecule is COCCCOC(=O)NCc1cc(N(C)C)c2c(c1O)C(=O)C1=C(O)C3(O)C(=O)C(C(N)=O)=C(O)C(N(C)C)C3CC1C2. The molecule has 1 aromatic rings. The number of alkyl carbamates (subject to hydrolysis) is 1. The third-order valence-corrected chi connectivity index (χ3v) is 8.41. The van der Waals surface area contributed by atoms with E-state index in [2.05, 4.69) is 5.32 Å². The maximum Gasteiger partial charge on any atom is 0.407 e. The van der Waals surface area contributed by atoms with E-state index in [1.54, 1.807) is 39.2 Å². The minimum atomic E-state index is -2.73. The van der Waals surface area contributed by atoms with Crippen LogP contribution in [-0.2, 0) is 32.0 Å². The summed E-state index contributed by atoms with van der Waals surface area (Å²) < 4.78 is 10.0. The van der Waals surface area contributed by atoms with Crippen molar-refractivity contribution in [3.05, 3.63) is 45.4 Å². The van der Waals surface area contributed by atoms with Crippen LogP contribution < -0.4 is 16.0 Å². The molecule has 7 N–H and O–H groups in total. The lowest BCUT2D eigenvalue weighted by atomic mass is 9.58. The first-order valence-corrected chi connectivity index (χ1v) is 13.8. The van der Waals surface area contributed by atoms with Crippen LogP contribution in [0.3, 0.4) is 0 Å². The third-order valence-electron chi connectivity index (χ3n) is 8.41. The van der Waals surface area contributed by atoms with Crippen molar-refractivity contribution in [2.24, 2.45) is 17.6 Å². The number of aliphatic hydroxyl groups is 3. The van der Waals surface area contributed by atoms with Gasteiger partial charge < -0.3 is 45.9 Å². The lowest BCUT2D eigenvalue weighted by Gasteiger charge is -2.50. The Bertz CT molecular complexity index is 1430. The minimum Gasteiger partial charge on any atom is -0.510 e. The first-order chi connectivity index (χ1) is 20.2. The zero-order valence-corrected chi connectivity index (χ0v) is 24.8. The van der Waals surface area contributed by atoms with Crippen LogP contribution in [0.4, 0.5) is 10.5 Å². The molecular formula is C29H38N4O10. The van der Waals surface area contributed by atoms with E-state index in [-0.39, 0.29) is 42.7 Å². The highest BCUT2D eigenvalue weighted by Crippen LogP contribution is 2.53. The van der Waals surface area contributed by atoms with Crippen LogP contribution in [0.5, 0.6) is 5.75 Å². The maximum absolute atomic E-state index is 14.1. The van der Waals surface area contributed by atoms with Gasteiger partial charge in [-0.15, -0.1) is 0 Å². The Balaban J connectivity index is 1.79. The number of fused-ring (bicyclic) bond motifs is 3. The molecule has 0 bridgehead atoms.